The molecule has 0 radical (unpaired) electrons. The molecule has 0 bridgehead atoms. The van der Waals surface area contributed by atoms with Gasteiger partial charge in [0.1, 0.15) is 6.54 Å². The van der Waals surface area contributed by atoms with Crippen molar-refractivity contribution in [3.05, 3.63) is 70.5 Å². The van der Waals surface area contributed by atoms with Gasteiger partial charge in [-0.1, -0.05) is 67.1 Å². The van der Waals surface area contributed by atoms with Crippen LogP contribution in [0, 0.1) is 11.7 Å². The van der Waals surface area contributed by atoms with Crippen LogP contribution in [-0.2, 0) is 11.3 Å². The molecule has 0 saturated carbocycles. The molecule has 5 nitrogen and oxygen atoms in total. The lowest BCUT2D eigenvalue weighted by atomic mass is 9.96. The molecule has 1 atom stereocenters. The Morgan fingerprint density at radius 3 is 2.56 bits per heavy atom. The number of aryl methyl sites for hydroxylation is 1. The fourth-order valence-corrected chi connectivity index (χ4v) is 3.24. The van der Waals surface area contributed by atoms with Gasteiger partial charge in [0.25, 0.3) is 0 Å². The number of hydrogen-bond donors (Lipinski definition) is 2. The topological polar surface area (TPSA) is 62.7 Å². The summed E-state index contributed by atoms with van der Waals surface area (Å²) in [5, 5.41) is 10.1. The van der Waals surface area contributed by atoms with E-state index in [1.165, 1.54) is 11.1 Å². The minimum atomic E-state index is -0.0738. The maximum atomic E-state index is 12.5. The molecule has 6 heteroatoms. The summed E-state index contributed by atoms with van der Waals surface area (Å²) in [5.41, 5.74) is 3.33. The molecule has 0 aliphatic heterocycles. The number of aromatic amines is 1. The van der Waals surface area contributed by atoms with Gasteiger partial charge in [-0.15, -0.1) is 0 Å². The standard InChI is InChI=1S/C21H24N4OS/c1-3-16(17-7-5-4-6-8-17)13-22-19(26)14-25-20(23-24-21(25)27)18-11-9-15(2)10-12-18/h4-12,16H,3,13-14H2,1-2H3,(H,22,26)(H,24,27)/t16-/m1/s1. The summed E-state index contributed by atoms with van der Waals surface area (Å²) in [6.07, 6.45) is 0.962. The van der Waals surface area contributed by atoms with Crippen molar-refractivity contribution >= 4 is 18.1 Å². The van der Waals surface area contributed by atoms with Gasteiger partial charge in [-0.05, 0) is 31.1 Å². The van der Waals surface area contributed by atoms with Crippen molar-refractivity contribution in [1.29, 1.82) is 0 Å². The number of benzene rings is 2. The van der Waals surface area contributed by atoms with E-state index in [2.05, 4.69) is 34.6 Å². The van der Waals surface area contributed by atoms with Gasteiger partial charge in [-0.2, -0.15) is 5.10 Å². The van der Waals surface area contributed by atoms with Crippen molar-refractivity contribution in [3.8, 4) is 11.4 Å². The second-order valence-electron chi connectivity index (χ2n) is 6.62. The third-order valence-corrected chi connectivity index (χ3v) is 4.99. The number of carbonyl (C=O) groups is 1. The minimum Gasteiger partial charge on any atom is -0.354 e. The van der Waals surface area contributed by atoms with Crippen LogP contribution in [0.15, 0.2) is 54.6 Å². The molecule has 140 valence electrons. The molecule has 1 amide bonds. The Hall–Kier alpha value is -2.73. The van der Waals surface area contributed by atoms with E-state index >= 15 is 0 Å². The molecule has 1 aromatic heterocycles. The van der Waals surface area contributed by atoms with Crippen molar-refractivity contribution in [2.45, 2.75) is 32.7 Å². The molecule has 0 unspecified atom stereocenters. The highest BCUT2D eigenvalue weighted by Crippen LogP contribution is 2.19. The Labute approximate surface area is 164 Å². The maximum Gasteiger partial charge on any atom is 0.240 e. The summed E-state index contributed by atoms with van der Waals surface area (Å²) in [5.74, 6) is 0.893. The lowest BCUT2D eigenvalue weighted by molar-refractivity contribution is -0.121. The smallest absolute Gasteiger partial charge is 0.240 e. The van der Waals surface area contributed by atoms with Gasteiger partial charge < -0.3 is 5.32 Å². The minimum absolute atomic E-state index is 0.0738. The zero-order valence-electron chi connectivity index (χ0n) is 15.6. The van der Waals surface area contributed by atoms with Crippen molar-refractivity contribution in [2.75, 3.05) is 6.54 Å². The number of hydrogen-bond acceptors (Lipinski definition) is 3. The molecule has 0 spiro atoms. The second-order valence-corrected chi connectivity index (χ2v) is 7.01. The lowest BCUT2D eigenvalue weighted by Crippen LogP contribution is -2.31. The number of nitrogens with one attached hydrogen (secondary N) is 2. The molecule has 3 rings (SSSR count). The van der Waals surface area contributed by atoms with Crippen molar-refractivity contribution < 1.29 is 4.79 Å². The summed E-state index contributed by atoms with van der Waals surface area (Å²) >= 11 is 5.32. The van der Waals surface area contributed by atoms with E-state index in [-0.39, 0.29) is 12.5 Å². The van der Waals surface area contributed by atoms with Crippen LogP contribution in [0.3, 0.4) is 0 Å². The average molecular weight is 381 g/mol. The number of nitrogens with zero attached hydrogens (tertiary/aromatic N) is 2. The highest BCUT2D eigenvalue weighted by molar-refractivity contribution is 7.71. The van der Waals surface area contributed by atoms with E-state index in [4.69, 9.17) is 12.2 Å². The second kappa shape index (κ2) is 8.77. The summed E-state index contributed by atoms with van der Waals surface area (Å²) < 4.78 is 2.18. The fraction of sp³-hybridized carbons (Fsp3) is 0.286. The zero-order valence-corrected chi connectivity index (χ0v) is 16.4. The van der Waals surface area contributed by atoms with E-state index in [0.29, 0.717) is 23.1 Å². The van der Waals surface area contributed by atoms with Gasteiger partial charge in [0, 0.05) is 18.0 Å². The monoisotopic (exact) mass is 380 g/mol. The van der Waals surface area contributed by atoms with E-state index in [0.717, 1.165) is 12.0 Å². The van der Waals surface area contributed by atoms with Crippen LogP contribution in [0.1, 0.15) is 30.4 Å². The van der Waals surface area contributed by atoms with Gasteiger partial charge in [0.05, 0.1) is 0 Å². The largest absolute Gasteiger partial charge is 0.354 e. The third-order valence-electron chi connectivity index (χ3n) is 4.68. The summed E-state index contributed by atoms with van der Waals surface area (Å²) in [6.45, 7) is 4.91. The molecule has 2 aromatic carbocycles. The zero-order chi connectivity index (χ0) is 19.2. The Morgan fingerprint density at radius 2 is 1.89 bits per heavy atom. The molecule has 2 N–H and O–H groups in total. The Morgan fingerprint density at radius 1 is 1.19 bits per heavy atom. The third kappa shape index (κ3) is 4.71. The molecule has 27 heavy (non-hydrogen) atoms. The first-order valence-electron chi connectivity index (χ1n) is 9.12. The van der Waals surface area contributed by atoms with Crippen molar-refractivity contribution in [3.63, 3.8) is 0 Å². The summed E-state index contributed by atoms with van der Waals surface area (Å²) in [4.78, 5) is 12.5. The Bertz CT molecular complexity index is 944. The number of aromatic nitrogens is 3. The van der Waals surface area contributed by atoms with Crippen LogP contribution >= 0.6 is 12.2 Å². The quantitative estimate of drug-likeness (QED) is 0.603. The molecule has 0 aliphatic rings. The lowest BCUT2D eigenvalue weighted by Gasteiger charge is -2.16. The first-order chi connectivity index (χ1) is 13.1. The molecule has 0 saturated heterocycles. The molecule has 3 aromatic rings. The van der Waals surface area contributed by atoms with E-state index in [9.17, 15) is 4.79 Å². The van der Waals surface area contributed by atoms with Gasteiger partial charge in [-0.3, -0.25) is 14.5 Å². The highest BCUT2D eigenvalue weighted by atomic mass is 32.1. The first kappa shape index (κ1) is 19.0. The highest BCUT2D eigenvalue weighted by Gasteiger charge is 2.14. The van der Waals surface area contributed by atoms with Gasteiger partial charge >= 0.3 is 0 Å². The van der Waals surface area contributed by atoms with Crippen LogP contribution < -0.4 is 5.32 Å². The predicted octanol–water partition coefficient (Wildman–Crippen LogP) is 4.23. The van der Waals surface area contributed by atoms with E-state index < -0.39 is 0 Å². The van der Waals surface area contributed by atoms with Crippen LogP contribution in [0.25, 0.3) is 11.4 Å². The number of H-pyrrole nitrogens is 1. The number of carbonyl (C=O) groups excluding carboxylic acids is 1. The number of rotatable bonds is 7. The van der Waals surface area contributed by atoms with Crippen LogP contribution in [0.4, 0.5) is 0 Å². The Kier molecular flexibility index (Phi) is 6.19. The van der Waals surface area contributed by atoms with Gasteiger partial charge in [-0.25, -0.2) is 0 Å². The predicted molar refractivity (Wildman–Crippen MR) is 110 cm³/mol. The maximum absolute atomic E-state index is 12.5. The van der Waals surface area contributed by atoms with Crippen molar-refractivity contribution in [2.24, 2.45) is 0 Å². The summed E-state index contributed by atoms with van der Waals surface area (Å²) in [7, 11) is 0. The van der Waals surface area contributed by atoms with Crippen LogP contribution in [0.2, 0.25) is 0 Å². The Balaban J connectivity index is 1.69. The van der Waals surface area contributed by atoms with Crippen LogP contribution in [0.5, 0.6) is 0 Å². The van der Waals surface area contributed by atoms with Gasteiger partial charge in [0.15, 0.2) is 10.6 Å². The molecule has 1 heterocycles. The first-order valence-corrected chi connectivity index (χ1v) is 9.53. The summed E-state index contributed by atoms with van der Waals surface area (Å²) in [6, 6.07) is 18.3. The average Bonchev–Trinajstić information content (AvgIpc) is 3.04. The normalized spacial score (nSPS) is 11.9. The molecular weight excluding hydrogens is 356 g/mol. The fourth-order valence-electron chi connectivity index (χ4n) is 3.05. The van der Waals surface area contributed by atoms with E-state index in [1.807, 2.05) is 49.4 Å². The molecular formula is C21H24N4OS. The van der Waals surface area contributed by atoms with Crippen LogP contribution in [-0.4, -0.2) is 27.2 Å². The number of amides is 1. The van der Waals surface area contributed by atoms with E-state index in [1.54, 1.807) is 4.57 Å². The van der Waals surface area contributed by atoms with Gasteiger partial charge in [0.2, 0.25) is 5.91 Å². The SMILES string of the molecule is CC[C@H](CNC(=O)Cn1c(-c2ccc(C)cc2)n[nH]c1=S)c1ccccc1. The molecule has 0 aliphatic carbocycles. The van der Waals surface area contributed by atoms with Crippen molar-refractivity contribution in [1.82, 2.24) is 20.1 Å². The molecule has 0 fully saturated rings.